The van der Waals surface area contributed by atoms with E-state index in [9.17, 15) is 4.79 Å². The van der Waals surface area contributed by atoms with Crippen molar-refractivity contribution >= 4 is 5.97 Å². The molecule has 8 nitrogen and oxygen atoms in total. The number of carbonyl (C=O) groups excluding carboxylic acids is 1. The van der Waals surface area contributed by atoms with E-state index in [1.165, 1.54) is 110 Å². The van der Waals surface area contributed by atoms with E-state index >= 15 is 0 Å². The van der Waals surface area contributed by atoms with Gasteiger partial charge in [-0.3, -0.25) is 0 Å². The van der Waals surface area contributed by atoms with E-state index < -0.39 is 5.97 Å². The first-order valence-corrected chi connectivity index (χ1v) is 24.8. The van der Waals surface area contributed by atoms with E-state index in [0.717, 1.165) is 85.5 Å². The molecule has 8 heteroatoms. The van der Waals surface area contributed by atoms with Gasteiger partial charge in [0.1, 0.15) is 47.7 Å². The topological polar surface area (TPSA) is 81.7 Å². The second-order valence-corrected chi connectivity index (χ2v) is 16.9. The van der Waals surface area contributed by atoms with Gasteiger partial charge in [-0.1, -0.05) is 156 Å². The zero-order valence-corrected chi connectivity index (χ0v) is 39.7. The smallest absolute Gasteiger partial charge is 0.338 e. The van der Waals surface area contributed by atoms with Crippen LogP contribution in [0.5, 0.6) is 34.5 Å². The fourth-order valence-electron chi connectivity index (χ4n) is 7.36. The summed E-state index contributed by atoms with van der Waals surface area (Å²) in [4.78, 5) is 12.8. The monoisotopic (exact) mass is 861 g/mol. The molecule has 0 fully saturated rings. The Balaban J connectivity index is 1.72. The van der Waals surface area contributed by atoms with Crippen LogP contribution in [0.3, 0.4) is 0 Å². The SMILES string of the molecule is CCCCCCCCOc1cc(COc2cc(OCc3cc(OCCCCCCCC)cc(OCCCCCCCC)c3)cc(C(=O)OC)c2)cc(OCCCCCCCC)c1. The molecule has 348 valence electrons. The number of hydrogen-bond acceptors (Lipinski definition) is 8. The Labute approximate surface area is 377 Å². The van der Waals surface area contributed by atoms with Gasteiger partial charge in [0.25, 0.3) is 0 Å². The van der Waals surface area contributed by atoms with Crippen molar-refractivity contribution in [1.82, 2.24) is 0 Å². The molecule has 0 saturated heterocycles. The normalized spacial score (nSPS) is 11.0. The number of esters is 1. The molecular formula is C54H84O8. The van der Waals surface area contributed by atoms with Crippen LogP contribution in [0.15, 0.2) is 54.6 Å². The molecule has 0 spiro atoms. The van der Waals surface area contributed by atoms with Crippen LogP contribution in [-0.4, -0.2) is 39.5 Å². The predicted octanol–water partition coefficient (Wildman–Crippen LogP) is 15.6. The summed E-state index contributed by atoms with van der Waals surface area (Å²) < 4.78 is 42.8. The Bertz CT molecular complexity index is 1410. The lowest BCUT2D eigenvalue weighted by Crippen LogP contribution is -2.06. The quantitative estimate of drug-likeness (QED) is 0.0414. The van der Waals surface area contributed by atoms with E-state index in [1.807, 2.05) is 42.5 Å². The van der Waals surface area contributed by atoms with Gasteiger partial charge in [-0.05, 0) is 73.2 Å². The van der Waals surface area contributed by atoms with Crippen LogP contribution in [0.2, 0.25) is 0 Å². The summed E-state index contributed by atoms with van der Waals surface area (Å²) in [6.07, 6.45) is 28.9. The number of benzene rings is 3. The van der Waals surface area contributed by atoms with Gasteiger partial charge >= 0.3 is 5.97 Å². The summed E-state index contributed by atoms with van der Waals surface area (Å²) in [7, 11) is 1.38. The zero-order chi connectivity index (χ0) is 44.3. The van der Waals surface area contributed by atoms with Crippen LogP contribution in [0.1, 0.15) is 203 Å². The van der Waals surface area contributed by atoms with E-state index in [4.69, 9.17) is 33.2 Å². The largest absolute Gasteiger partial charge is 0.493 e. The number of rotatable bonds is 39. The number of hydrogen-bond donors (Lipinski definition) is 0. The van der Waals surface area contributed by atoms with E-state index in [0.29, 0.717) is 43.5 Å². The van der Waals surface area contributed by atoms with Crippen LogP contribution >= 0.6 is 0 Å². The highest BCUT2D eigenvalue weighted by Crippen LogP contribution is 2.30. The van der Waals surface area contributed by atoms with Gasteiger partial charge in [0, 0.05) is 18.2 Å². The Kier molecular flexibility index (Phi) is 29.0. The number of carbonyl (C=O) groups is 1. The molecule has 0 atom stereocenters. The highest BCUT2D eigenvalue weighted by Gasteiger charge is 2.13. The molecule has 0 heterocycles. The van der Waals surface area contributed by atoms with Crippen molar-refractivity contribution in [1.29, 1.82) is 0 Å². The maximum Gasteiger partial charge on any atom is 0.338 e. The molecule has 0 amide bonds. The van der Waals surface area contributed by atoms with Gasteiger partial charge in [-0.25, -0.2) is 4.79 Å². The van der Waals surface area contributed by atoms with Gasteiger partial charge in [-0.2, -0.15) is 0 Å². The van der Waals surface area contributed by atoms with Gasteiger partial charge in [0.2, 0.25) is 0 Å². The minimum Gasteiger partial charge on any atom is -0.493 e. The van der Waals surface area contributed by atoms with E-state index in [1.54, 1.807) is 12.1 Å². The van der Waals surface area contributed by atoms with Crippen molar-refractivity contribution in [2.45, 2.75) is 195 Å². The summed E-state index contributed by atoms with van der Waals surface area (Å²) in [5, 5.41) is 0. The fourth-order valence-corrected chi connectivity index (χ4v) is 7.36. The number of ether oxygens (including phenoxy) is 7. The number of methoxy groups -OCH3 is 1. The third kappa shape index (κ3) is 24.0. The third-order valence-corrected chi connectivity index (χ3v) is 11.1. The maximum absolute atomic E-state index is 12.8. The first kappa shape index (κ1) is 52.3. The van der Waals surface area contributed by atoms with Crippen molar-refractivity contribution in [2.24, 2.45) is 0 Å². The minimum absolute atomic E-state index is 0.253. The van der Waals surface area contributed by atoms with Crippen LogP contribution in [0.4, 0.5) is 0 Å². The molecule has 3 rings (SSSR count). The molecular weight excluding hydrogens is 777 g/mol. The standard InChI is InChI=1S/C54H84O8/c1-6-10-14-18-22-26-30-57-48-34-45(35-49(40-48)58-31-27-23-19-15-11-7-2)43-61-52-38-47(54(55)56-5)39-53(42-52)62-44-46-36-50(59-32-28-24-20-16-12-8-3)41-51(37-46)60-33-29-25-21-17-13-9-4/h34-42H,6-33,43-44H2,1-5H3. The van der Waals surface area contributed by atoms with Gasteiger partial charge in [0.15, 0.2) is 0 Å². The predicted molar refractivity (Wildman–Crippen MR) is 255 cm³/mol. The minimum atomic E-state index is -0.466. The first-order chi connectivity index (χ1) is 30.5. The van der Waals surface area contributed by atoms with Crippen LogP contribution in [0.25, 0.3) is 0 Å². The Morgan fingerprint density at radius 3 is 0.871 bits per heavy atom. The lowest BCUT2D eigenvalue weighted by Gasteiger charge is -2.15. The summed E-state index contributed by atoms with van der Waals surface area (Å²) in [5.41, 5.74) is 2.18. The second kappa shape index (κ2) is 34.4. The van der Waals surface area contributed by atoms with Crippen LogP contribution in [-0.2, 0) is 18.0 Å². The third-order valence-electron chi connectivity index (χ3n) is 11.1. The molecule has 3 aromatic rings. The van der Waals surface area contributed by atoms with Crippen molar-refractivity contribution in [3.63, 3.8) is 0 Å². The second-order valence-electron chi connectivity index (χ2n) is 16.9. The highest BCUT2D eigenvalue weighted by molar-refractivity contribution is 5.90. The molecule has 0 bridgehead atoms. The van der Waals surface area contributed by atoms with E-state index in [-0.39, 0.29) is 13.2 Å². The van der Waals surface area contributed by atoms with E-state index in [2.05, 4.69) is 27.7 Å². The van der Waals surface area contributed by atoms with Crippen LogP contribution < -0.4 is 28.4 Å². The Morgan fingerprint density at radius 1 is 0.339 bits per heavy atom. The highest BCUT2D eigenvalue weighted by atomic mass is 16.5. The Hall–Kier alpha value is -4.07. The molecule has 3 aromatic carbocycles. The zero-order valence-electron chi connectivity index (χ0n) is 39.7. The maximum atomic E-state index is 12.8. The molecule has 0 unspecified atom stereocenters. The van der Waals surface area contributed by atoms with Crippen molar-refractivity contribution in [3.05, 3.63) is 71.3 Å². The van der Waals surface area contributed by atoms with Crippen molar-refractivity contribution in [3.8, 4) is 34.5 Å². The molecule has 0 aliphatic carbocycles. The average molecular weight is 861 g/mol. The average Bonchev–Trinajstić information content (AvgIpc) is 3.28. The molecule has 0 radical (unpaired) electrons. The molecule has 0 aliphatic rings. The summed E-state index contributed by atoms with van der Waals surface area (Å²) >= 11 is 0. The van der Waals surface area contributed by atoms with Gasteiger partial charge in [-0.15, -0.1) is 0 Å². The lowest BCUT2D eigenvalue weighted by molar-refractivity contribution is 0.0599. The first-order valence-electron chi connectivity index (χ1n) is 24.8. The molecule has 0 aromatic heterocycles. The summed E-state index contributed by atoms with van der Waals surface area (Å²) in [6, 6.07) is 17.2. The lowest BCUT2D eigenvalue weighted by atomic mass is 10.1. The van der Waals surface area contributed by atoms with Crippen molar-refractivity contribution < 1.29 is 38.0 Å². The number of unbranched alkanes of at least 4 members (excludes halogenated alkanes) is 20. The molecule has 0 saturated carbocycles. The Morgan fingerprint density at radius 2 is 0.597 bits per heavy atom. The molecule has 0 aliphatic heterocycles. The summed E-state index contributed by atoms with van der Waals surface area (Å²) in [5.74, 6) is 3.63. The fraction of sp³-hybridized carbons (Fsp3) is 0.648. The van der Waals surface area contributed by atoms with Crippen LogP contribution in [0, 0.1) is 0 Å². The molecule has 0 N–H and O–H groups in total. The van der Waals surface area contributed by atoms with Gasteiger partial charge in [0.05, 0.1) is 39.1 Å². The van der Waals surface area contributed by atoms with Gasteiger partial charge < -0.3 is 33.2 Å². The molecule has 62 heavy (non-hydrogen) atoms. The summed E-state index contributed by atoms with van der Waals surface area (Å²) in [6.45, 7) is 12.1. The van der Waals surface area contributed by atoms with Crippen molar-refractivity contribution in [2.75, 3.05) is 33.5 Å².